The lowest BCUT2D eigenvalue weighted by molar-refractivity contribution is 0.410. The number of hydrogen-bond donors (Lipinski definition) is 1. The Hall–Kier alpha value is -3.87. The second-order valence-corrected chi connectivity index (χ2v) is 6.21. The largest absolute Gasteiger partial charge is 0.496 e. The molecule has 7 nitrogen and oxygen atoms in total. The minimum Gasteiger partial charge on any atom is -0.496 e. The number of hydrogen-bond acceptors (Lipinski definition) is 7. The van der Waals surface area contributed by atoms with E-state index in [4.69, 9.17) is 19.3 Å². The highest BCUT2D eigenvalue weighted by Gasteiger charge is 2.31. The van der Waals surface area contributed by atoms with Crippen LogP contribution in [0.5, 0.6) is 17.2 Å². The van der Waals surface area contributed by atoms with Crippen molar-refractivity contribution in [2.24, 2.45) is 5.10 Å². The van der Waals surface area contributed by atoms with Gasteiger partial charge in [0.25, 0.3) is 0 Å². The van der Waals surface area contributed by atoms with Crippen molar-refractivity contribution in [2.45, 2.75) is 0 Å². The number of benzene rings is 3. The molecule has 0 spiro atoms. The minimum atomic E-state index is 0.638. The SMILES string of the molecule is COc1ccccc1C1=NN(c2ccccc2OC)N(c2ccccc2OC)N1. The van der Waals surface area contributed by atoms with E-state index in [0.717, 1.165) is 22.7 Å². The van der Waals surface area contributed by atoms with Crippen LogP contribution in [0.4, 0.5) is 11.4 Å². The Kier molecular flexibility index (Phi) is 5.11. The summed E-state index contributed by atoms with van der Waals surface area (Å²) in [5.41, 5.74) is 5.78. The molecule has 0 fully saturated rings. The van der Waals surface area contributed by atoms with Crippen molar-refractivity contribution in [3.05, 3.63) is 78.4 Å². The Morgan fingerprint density at radius 3 is 1.83 bits per heavy atom. The molecule has 0 aromatic heterocycles. The third-order valence-electron chi connectivity index (χ3n) is 4.57. The summed E-state index contributed by atoms with van der Waals surface area (Å²) in [7, 11) is 4.93. The van der Waals surface area contributed by atoms with Gasteiger partial charge in [-0.25, -0.2) is 0 Å². The molecule has 1 N–H and O–H groups in total. The van der Waals surface area contributed by atoms with Crippen LogP contribution in [0.25, 0.3) is 0 Å². The molecule has 29 heavy (non-hydrogen) atoms. The maximum Gasteiger partial charge on any atom is 0.179 e. The van der Waals surface area contributed by atoms with E-state index in [0.29, 0.717) is 17.3 Å². The second kappa shape index (κ2) is 8.02. The Morgan fingerprint density at radius 2 is 1.17 bits per heavy atom. The zero-order valence-electron chi connectivity index (χ0n) is 16.5. The van der Waals surface area contributed by atoms with E-state index in [1.807, 2.05) is 77.9 Å². The molecule has 1 heterocycles. The van der Waals surface area contributed by atoms with Gasteiger partial charge in [0.2, 0.25) is 0 Å². The Balaban J connectivity index is 1.85. The van der Waals surface area contributed by atoms with Gasteiger partial charge in [-0.05, 0) is 36.4 Å². The first-order chi connectivity index (χ1) is 14.3. The molecular formula is C22H22N4O3. The van der Waals surface area contributed by atoms with Gasteiger partial charge in [0.1, 0.15) is 28.6 Å². The summed E-state index contributed by atoms with van der Waals surface area (Å²) in [4.78, 5) is 0. The number of ether oxygens (including phenoxy) is 3. The molecule has 1 aliphatic rings. The van der Waals surface area contributed by atoms with Crippen LogP contribution in [-0.2, 0) is 0 Å². The van der Waals surface area contributed by atoms with E-state index in [2.05, 4.69) is 5.43 Å². The maximum absolute atomic E-state index is 5.57. The zero-order valence-corrected chi connectivity index (χ0v) is 16.5. The summed E-state index contributed by atoms with van der Waals surface area (Å²) < 4.78 is 16.7. The van der Waals surface area contributed by atoms with Gasteiger partial charge in [-0.1, -0.05) is 36.4 Å². The van der Waals surface area contributed by atoms with Crippen molar-refractivity contribution in [2.75, 3.05) is 31.6 Å². The Labute approximate surface area is 169 Å². The molecule has 1 aliphatic heterocycles. The van der Waals surface area contributed by atoms with Crippen LogP contribution in [0.1, 0.15) is 5.56 Å². The zero-order chi connectivity index (χ0) is 20.2. The van der Waals surface area contributed by atoms with Gasteiger partial charge in [0, 0.05) is 0 Å². The molecule has 148 valence electrons. The van der Waals surface area contributed by atoms with Crippen LogP contribution in [0, 0.1) is 0 Å². The molecule has 3 aromatic rings. The maximum atomic E-state index is 5.57. The molecule has 0 saturated carbocycles. The van der Waals surface area contributed by atoms with Gasteiger partial charge in [-0.2, -0.15) is 5.12 Å². The van der Waals surface area contributed by atoms with E-state index in [1.165, 1.54) is 0 Å². The fourth-order valence-electron chi connectivity index (χ4n) is 3.19. The van der Waals surface area contributed by atoms with Gasteiger partial charge < -0.3 is 14.2 Å². The van der Waals surface area contributed by atoms with Crippen molar-refractivity contribution in [3.63, 3.8) is 0 Å². The van der Waals surface area contributed by atoms with E-state index in [9.17, 15) is 0 Å². The van der Waals surface area contributed by atoms with Crippen molar-refractivity contribution in [1.82, 2.24) is 5.43 Å². The fraction of sp³-hybridized carbons (Fsp3) is 0.136. The van der Waals surface area contributed by atoms with Crippen molar-refractivity contribution in [1.29, 1.82) is 0 Å². The summed E-state index contributed by atoms with van der Waals surface area (Å²) in [6.45, 7) is 0. The Bertz CT molecular complexity index is 1040. The second-order valence-electron chi connectivity index (χ2n) is 6.21. The van der Waals surface area contributed by atoms with Crippen molar-refractivity contribution in [3.8, 4) is 17.2 Å². The monoisotopic (exact) mass is 390 g/mol. The number of hydrazine groups is 2. The summed E-state index contributed by atoms with van der Waals surface area (Å²) in [5.74, 6) is 2.76. The smallest absolute Gasteiger partial charge is 0.179 e. The number of para-hydroxylation sites is 5. The van der Waals surface area contributed by atoms with Crippen molar-refractivity contribution < 1.29 is 14.2 Å². The molecule has 7 heteroatoms. The first-order valence-electron chi connectivity index (χ1n) is 9.11. The van der Waals surface area contributed by atoms with Crippen LogP contribution in [-0.4, -0.2) is 27.2 Å². The summed E-state index contributed by atoms with van der Waals surface area (Å²) in [5, 5.41) is 8.39. The third kappa shape index (κ3) is 3.38. The molecule has 0 aliphatic carbocycles. The van der Waals surface area contributed by atoms with E-state index < -0.39 is 0 Å². The lowest BCUT2D eigenvalue weighted by Crippen LogP contribution is -2.45. The van der Waals surface area contributed by atoms with Gasteiger partial charge in [-0.3, -0.25) is 5.43 Å². The lowest BCUT2D eigenvalue weighted by Gasteiger charge is -2.29. The molecule has 0 bridgehead atoms. The molecule has 0 amide bonds. The predicted octanol–water partition coefficient (Wildman–Crippen LogP) is 3.82. The molecule has 0 saturated heterocycles. The summed E-state index contributed by atoms with van der Waals surface area (Å²) in [6.07, 6.45) is 0. The highest BCUT2D eigenvalue weighted by molar-refractivity contribution is 6.04. The van der Waals surface area contributed by atoms with Crippen LogP contribution < -0.4 is 29.9 Å². The predicted molar refractivity (Wildman–Crippen MR) is 114 cm³/mol. The average molecular weight is 390 g/mol. The molecule has 0 unspecified atom stereocenters. The number of rotatable bonds is 6. The summed E-state index contributed by atoms with van der Waals surface area (Å²) >= 11 is 0. The molecule has 0 atom stereocenters. The van der Waals surface area contributed by atoms with Gasteiger partial charge in [0.15, 0.2) is 5.84 Å². The lowest BCUT2D eigenvalue weighted by atomic mass is 10.2. The minimum absolute atomic E-state index is 0.638. The number of hydrazone groups is 1. The molecular weight excluding hydrogens is 368 g/mol. The molecule has 3 aromatic carbocycles. The van der Waals surface area contributed by atoms with Gasteiger partial charge >= 0.3 is 0 Å². The first kappa shape index (κ1) is 18.5. The molecule has 4 rings (SSSR count). The summed E-state index contributed by atoms with van der Waals surface area (Å²) in [6, 6.07) is 23.1. The number of amidine groups is 1. The first-order valence-corrected chi connectivity index (χ1v) is 9.11. The Morgan fingerprint density at radius 1 is 0.655 bits per heavy atom. The number of anilines is 2. The van der Waals surface area contributed by atoms with Gasteiger partial charge in [-0.15, -0.1) is 10.2 Å². The van der Waals surface area contributed by atoms with Gasteiger partial charge in [0.05, 0.1) is 26.9 Å². The topological polar surface area (TPSA) is 58.6 Å². The standard InChI is InChI=1S/C22H22N4O3/c1-27-19-13-7-4-10-16(19)22-23-25(17-11-5-8-14-20(17)28-2)26(24-22)18-12-6-9-15-21(18)29-3/h4-15H,1-3H3,(H,23,24). The quantitative estimate of drug-likeness (QED) is 0.691. The highest BCUT2D eigenvalue weighted by atomic mass is 16.5. The van der Waals surface area contributed by atoms with E-state index in [1.54, 1.807) is 26.4 Å². The van der Waals surface area contributed by atoms with E-state index >= 15 is 0 Å². The van der Waals surface area contributed by atoms with Crippen LogP contribution in [0.2, 0.25) is 0 Å². The average Bonchev–Trinajstić information content (AvgIpc) is 3.23. The van der Waals surface area contributed by atoms with Crippen LogP contribution >= 0.6 is 0 Å². The third-order valence-corrected chi connectivity index (χ3v) is 4.57. The van der Waals surface area contributed by atoms with E-state index in [-0.39, 0.29) is 0 Å². The number of nitrogens with one attached hydrogen (secondary N) is 1. The van der Waals surface area contributed by atoms with Crippen LogP contribution in [0.15, 0.2) is 77.9 Å². The fourth-order valence-corrected chi connectivity index (χ4v) is 3.19. The number of nitrogens with zero attached hydrogens (tertiary/aromatic N) is 3. The van der Waals surface area contributed by atoms with Crippen molar-refractivity contribution >= 4 is 17.2 Å². The van der Waals surface area contributed by atoms with Crippen LogP contribution in [0.3, 0.4) is 0 Å². The highest BCUT2D eigenvalue weighted by Crippen LogP contribution is 2.36. The number of methoxy groups -OCH3 is 3. The molecule has 0 radical (unpaired) electrons. The normalized spacial score (nSPS) is 13.0.